The smallest absolute Gasteiger partial charge is 0.126 e. The minimum Gasteiger partial charge on any atom is -0.328 e. The van der Waals surface area contributed by atoms with Gasteiger partial charge in [0.1, 0.15) is 5.82 Å². The highest BCUT2D eigenvalue weighted by molar-refractivity contribution is 5.23. The second-order valence-corrected chi connectivity index (χ2v) is 3.95. The molecule has 1 aromatic rings. The van der Waals surface area contributed by atoms with Crippen molar-refractivity contribution in [3.05, 3.63) is 35.1 Å². The first-order valence-electron chi connectivity index (χ1n) is 5.10. The Bertz CT molecular complexity index is 294. The molecule has 1 rings (SSSR count). The molecular weight excluding hydrogens is 177 g/mol. The molecule has 0 spiro atoms. The van der Waals surface area contributed by atoms with E-state index in [4.69, 9.17) is 5.73 Å². The average molecular weight is 195 g/mol. The number of nitrogens with two attached hydrogens (primary N) is 1. The molecule has 1 aromatic carbocycles. The van der Waals surface area contributed by atoms with Gasteiger partial charge in [-0.1, -0.05) is 12.1 Å². The van der Waals surface area contributed by atoms with Crippen molar-refractivity contribution in [1.82, 2.24) is 0 Å². The summed E-state index contributed by atoms with van der Waals surface area (Å²) in [7, 11) is 0. The Hall–Kier alpha value is -0.890. The molecule has 0 fully saturated rings. The Kier molecular flexibility index (Phi) is 4.08. The molecule has 0 amide bonds. The molecule has 14 heavy (non-hydrogen) atoms. The van der Waals surface area contributed by atoms with E-state index in [1.165, 1.54) is 11.6 Å². The number of halogens is 1. The van der Waals surface area contributed by atoms with Crippen LogP contribution in [-0.4, -0.2) is 6.04 Å². The summed E-state index contributed by atoms with van der Waals surface area (Å²) in [4.78, 5) is 0. The standard InChI is InChI=1S/C12H18FN/c1-9-8-11(6-7-12(9)13)5-3-4-10(2)14/h6-8,10H,3-5,14H2,1-2H3/t10-/m0/s1. The molecule has 78 valence electrons. The Morgan fingerprint density at radius 1 is 1.43 bits per heavy atom. The molecule has 0 aliphatic carbocycles. The van der Waals surface area contributed by atoms with Gasteiger partial charge in [-0.15, -0.1) is 0 Å². The van der Waals surface area contributed by atoms with Gasteiger partial charge in [-0.05, 0) is 50.3 Å². The van der Waals surface area contributed by atoms with E-state index in [0.717, 1.165) is 24.8 Å². The van der Waals surface area contributed by atoms with Crippen molar-refractivity contribution in [2.45, 2.75) is 39.2 Å². The summed E-state index contributed by atoms with van der Waals surface area (Å²) in [5.74, 6) is -0.124. The highest BCUT2D eigenvalue weighted by Gasteiger charge is 2.00. The molecule has 1 nitrogen and oxygen atoms in total. The van der Waals surface area contributed by atoms with Crippen molar-refractivity contribution in [2.24, 2.45) is 5.73 Å². The van der Waals surface area contributed by atoms with Crippen LogP contribution >= 0.6 is 0 Å². The SMILES string of the molecule is Cc1cc(CCC[C@H](C)N)ccc1F. The third-order valence-electron chi connectivity index (χ3n) is 2.35. The lowest BCUT2D eigenvalue weighted by atomic mass is 10.0. The number of benzene rings is 1. The zero-order valence-electron chi connectivity index (χ0n) is 8.89. The fourth-order valence-electron chi connectivity index (χ4n) is 1.49. The lowest BCUT2D eigenvalue weighted by Crippen LogP contribution is -2.14. The van der Waals surface area contributed by atoms with E-state index in [0.29, 0.717) is 0 Å². The van der Waals surface area contributed by atoms with E-state index in [2.05, 4.69) is 0 Å². The van der Waals surface area contributed by atoms with Crippen molar-refractivity contribution in [3.63, 3.8) is 0 Å². The van der Waals surface area contributed by atoms with Gasteiger partial charge in [0.15, 0.2) is 0 Å². The van der Waals surface area contributed by atoms with Crippen LogP contribution in [0.4, 0.5) is 4.39 Å². The summed E-state index contributed by atoms with van der Waals surface area (Å²) in [6.07, 6.45) is 3.09. The van der Waals surface area contributed by atoms with Crippen LogP contribution in [0.5, 0.6) is 0 Å². The third-order valence-corrected chi connectivity index (χ3v) is 2.35. The monoisotopic (exact) mass is 195 g/mol. The minimum atomic E-state index is -0.124. The molecule has 0 bridgehead atoms. The van der Waals surface area contributed by atoms with Crippen LogP contribution in [0.15, 0.2) is 18.2 Å². The largest absolute Gasteiger partial charge is 0.328 e. The van der Waals surface area contributed by atoms with Crippen LogP contribution in [0, 0.1) is 12.7 Å². The summed E-state index contributed by atoms with van der Waals surface area (Å²) in [6, 6.07) is 5.56. The molecular formula is C12H18FN. The Morgan fingerprint density at radius 2 is 2.14 bits per heavy atom. The second-order valence-electron chi connectivity index (χ2n) is 3.95. The zero-order chi connectivity index (χ0) is 10.6. The van der Waals surface area contributed by atoms with Crippen LogP contribution < -0.4 is 5.73 Å². The lowest BCUT2D eigenvalue weighted by Gasteiger charge is -2.05. The van der Waals surface area contributed by atoms with Crippen LogP contribution in [-0.2, 0) is 6.42 Å². The fraction of sp³-hybridized carbons (Fsp3) is 0.500. The van der Waals surface area contributed by atoms with Crippen molar-refractivity contribution in [1.29, 1.82) is 0 Å². The molecule has 0 saturated heterocycles. The first-order chi connectivity index (χ1) is 6.59. The molecule has 2 heteroatoms. The van der Waals surface area contributed by atoms with E-state index in [9.17, 15) is 4.39 Å². The minimum absolute atomic E-state index is 0.124. The average Bonchev–Trinajstić information content (AvgIpc) is 2.10. The Morgan fingerprint density at radius 3 is 2.71 bits per heavy atom. The van der Waals surface area contributed by atoms with E-state index in [-0.39, 0.29) is 11.9 Å². The van der Waals surface area contributed by atoms with Gasteiger partial charge in [-0.3, -0.25) is 0 Å². The molecule has 0 heterocycles. The first-order valence-corrected chi connectivity index (χ1v) is 5.10. The van der Waals surface area contributed by atoms with E-state index in [1.807, 2.05) is 19.1 Å². The molecule has 1 atom stereocenters. The summed E-state index contributed by atoms with van der Waals surface area (Å²) < 4.78 is 12.9. The number of aryl methyl sites for hydroxylation is 2. The normalized spacial score (nSPS) is 12.9. The summed E-state index contributed by atoms with van der Waals surface area (Å²) in [5, 5.41) is 0. The molecule has 0 aromatic heterocycles. The van der Waals surface area contributed by atoms with E-state index < -0.39 is 0 Å². The fourth-order valence-corrected chi connectivity index (χ4v) is 1.49. The maximum absolute atomic E-state index is 12.9. The highest BCUT2D eigenvalue weighted by Crippen LogP contribution is 2.11. The van der Waals surface area contributed by atoms with E-state index in [1.54, 1.807) is 6.92 Å². The Balaban J connectivity index is 2.47. The molecule has 0 aliphatic rings. The van der Waals surface area contributed by atoms with Crippen molar-refractivity contribution in [2.75, 3.05) is 0 Å². The van der Waals surface area contributed by atoms with Gasteiger partial charge in [0.25, 0.3) is 0 Å². The lowest BCUT2D eigenvalue weighted by molar-refractivity contribution is 0.611. The van der Waals surface area contributed by atoms with Gasteiger partial charge in [0, 0.05) is 6.04 Å². The van der Waals surface area contributed by atoms with Gasteiger partial charge in [-0.25, -0.2) is 4.39 Å². The summed E-state index contributed by atoms with van der Waals surface area (Å²) in [5.41, 5.74) is 7.57. The molecule has 0 radical (unpaired) electrons. The van der Waals surface area contributed by atoms with Gasteiger partial charge >= 0.3 is 0 Å². The van der Waals surface area contributed by atoms with Crippen molar-refractivity contribution >= 4 is 0 Å². The topological polar surface area (TPSA) is 26.0 Å². The van der Waals surface area contributed by atoms with Crippen LogP contribution in [0.25, 0.3) is 0 Å². The van der Waals surface area contributed by atoms with Gasteiger partial charge in [-0.2, -0.15) is 0 Å². The molecule has 0 saturated carbocycles. The predicted octanol–water partition coefficient (Wildman–Crippen LogP) is 2.80. The number of rotatable bonds is 4. The van der Waals surface area contributed by atoms with Crippen LogP contribution in [0.1, 0.15) is 30.9 Å². The number of hydrogen-bond acceptors (Lipinski definition) is 1. The van der Waals surface area contributed by atoms with Crippen molar-refractivity contribution in [3.8, 4) is 0 Å². The van der Waals surface area contributed by atoms with Crippen LogP contribution in [0.3, 0.4) is 0 Å². The Labute approximate surface area is 85.1 Å². The maximum Gasteiger partial charge on any atom is 0.126 e. The van der Waals surface area contributed by atoms with Crippen molar-refractivity contribution < 1.29 is 4.39 Å². The quantitative estimate of drug-likeness (QED) is 0.785. The number of hydrogen-bond donors (Lipinski definition) is 1. The van der Waals surface area contributed by atoms with Gasteiger partial charge in [0.05, 0.1) is 0 Å². The summed E-state index contributed by atoms with van der Waals surface area (Å²) >= 11 is 0. The molecule has 0 aliphatic heterocycles. The third kappa shape index (κ3) is 3.46. The second kappa shape index (κ2) is 5.11. The van der Waals surface area contributed by atoms with Gasteiger partial charge < -0.3 is 5.73 Å². The molecule has 0 unspecified atom stereocenters. The summed E-state index contributed by atoms with van der Waals surface area (Å²) in [6.45, 7) is 3.81. The van der Waals surface area contributed by atoms with Crippen LogP contribution in [0.2, 0.25) is 0 Å². The first kappa shape index (κ1) is 11.2. The zero-order valence-corrected chi connectivity index (χ0v) is 8.89. The van der Waals surface area contributed by atoms with Gasteiger partial charge in [0.2, 0.25) is 0 Å². The highest BCUT2D eigenvalue weighted by atomic mass is 19.1. The maximum atomic E-state index is 12.9. The predicted molar refractivity (Wildman–Crippen MR) is 57.7 cm³/mol. The van der Waals surface area contributed by atoms with E-state index >= 15 is 0 Å². The molecule has 2 N–H and O–H groups in total.